The first kappa shape index (κ1) is 9.82. The molecule has 1 nitrogen and oxygen atoms in total. The summed E-state index contributed by atoms with van der Waals surface area (Å²) in [6.07, 6.45) is 13.7. The molecule has 0 aromatic heterocycles. The van der Waals surface area contributed by atoms with E-state index in [2.05, 4.69) is 13.0 Å². The molecule has 1 unspecified atom stereocenters. The molecule has 2 aliphatic carbocycles. The molecule has 1 fully saturated rings. The topological polar surface area (TPSA) is 20.2 Å². The number of rotatable bonds is 1. The van der Waals surface area contributed by atoms with Crippen molar-refractivity contribution in [2.75, 3.05) is 0 Å². The lowest BCUT2D eigenvalue weighted by Gasteiger charge is -2.40. The summed E-state index contributed by atoms with van der Waals surface area (Å²) < 4.78 is 0. The van der Waals surface area contributed by atoms with E-state index in [0.717, 1.165) is 6.42 Å². The summed E-state index contributed by atoms with van der Waals surface area (Å²) in [5, 5.41) is 9.99. The molecule has 2 rings (SSSR count). The molecule has 14 heavy (non-hydrogen) atoms. The molecule has 0 aromatic rings. The van der Waals surface area contributed by atoms with E-state index in [1.165, 1.54) is 32.1 Å². The van der Waals surface area contributed by atoms with E-state index in [1.807, 2.05) is 12.2 Å². The fraction of sp³-hybridized carbons (Fsp3) is 0.692. The van der Waals surface area contributed by atoms with Crippen LogP contribution >= 0.6 is 0 Å². The van der Waals surface area contributed by atoms with Gasteiger partial charge in [-0.2, -0.15) is 0 Å². The third-order valence-corrected chi connectivity index (χ3v) is 4.02. The van der Waals surface area contributed by atoms with Crippen molar-refractivity contribution in [3.05, 3.63) is 24.0 Å². The molecule has 0 amide bonds. The summed E-state index contributed by atoms with van der Waals surface area (Å²) >= 11 is 0. The fourth-order valence-corrected chi connectivity index (χ4v) is 2.88. The summed E-state index contributed by atoms with van der Waals surface area (Å²) in [6.45, 7) is 2.22. The van der Waals surface area contributed by atoms with Crippen LogP contribution < -0.4 is 0 Å². The highest BCUT2D eigenvalue weighted by Crippen LogP contribution is 2.46. The Labute approximate surface area is 86.5 Å². The molecule has 0 heterocycles. The van der Waals surface area contributed by atoms with Crippen LogP contribution in [0.1, 0.15) is 45.4 Å². The summed E-state index contributed by atoms with van der Waals surface area (Å²) in [6, 6.07) is 0. The zero-order chi connectivity index (χ0) is 10.0. The number of aliphatic hydroxyl groups is 1. The lowest BCUT2D eigenvalue weighted by molar-refractivity contribution is 0.118. The molecule has 1 saturated carbocycles. The summed E-state index contributed by atoms with van der Waals surface area (Å²) in [5.74, 6) is 1.30. The molecular formula is C13H20O. The average Bonchev–Trinajstić information content (AvgIpc) is 2.24. The third-order valence-electron chi connectivity index (χ3n) is 4.02. The van der Waals surface area contributed by atoms with E-state index in [1.54, 1.807) is 0 Å². The van der Waals surface area contributed by atoms with Gasteiger partial charge in [-0.05, 0) is 31.3 Å². The third kappa shape index (κ3) is 1.60. The van der Waals surface area contributed by atoms with Crippen molar-refractivity contribution < 1.29 is 5.11 Å². The molecule has 0 aromatic carbocycles. The van der Waals surface area contributed by atoms with Crippen LogP contribution in [0.3, 0.4) is 0 Å². The maximum absolute atomic E-state index is 9.99. The Morgan fingerprint density at radius 2 is 2.00 bits per heavy atom. The predicted molar refractivity (Wildman–Crippen MR) is 59.2 cm³/mol. The first-order valence-electron chi connectivity index (χ1n) is 5.80. The zero-order valence-electron chi connectivity index (χ0n) is 9.00. The smallest absolute Gasteiger partial charge is 0.0987 e. The Hall–Kier alpha value is -0.720. The Bertz CT molecular complexity index is 258. The zero-order valence-corrected chi connectivity index (χ0v) is 9.00. The van der Waals surface area contributed by atoms with Gasteiger partial charge in [-0.3, -0.25) is 0 Å². The molecule has 1 heteroatoms. The van der Waals surface area contributed by atoms with Crippen molar-refractivity contribution in [2.45, 2.75) is 45.4 Å². The van der Waals surface area contributed by atoms with Crippen LogP contribution in [0.5, 0.6) is 0 Å². The van der Waals surface area contributed by atoms with Crippen molar-refractivity contribution >= 4 is 0 Å². The molecule has 0 saturated heterocycles. The van der Waals surface area contributed by atoms with E-state index < -0.39 is 0 Å². The Balaban J connectivity index is 2.14. The van der Waals surface area contributed by atoms with Gasteiger partial charge in [0.05, 0.1) is 5.76 Å². The first-order valence-corrected chi connectivity index (χ1v) is 5.80. The lowest BCUT2D eigenvalue weighted by Crippen LogP contribution is -2.31. The highest BCUT2D eigenvalue weighted by Gasteiger charge is 2.38. The van der Waals surface area contributed by atoms with Gasteiger partial charge in [-0.15, -0.1) is 0 Å². The number of aliphatic hydroxyl groups excluding tert-OH is 1. The fourth-order valence-electron chi connectivity index (χ4n) is 2.88. The summed E-state index contributed by atoms with van der Waals surface area (Å²) in [5.41, 5.74) is 0.0369. The summed E-state index contributed by atoms with van der Waals surface area (Å²) in [4.78, 5) is 0. The van der Waals surface area contributed by atoms with Gasteiger partial charge >= 0.3 is 0 Å². The van der Waals surface area contributed by atoms with Crippen molar-refractivity contribution in [1.82, 2.24) is 0 Å². The van der Waals surface area contributed by atoms with Gasteiger partial charge in [0, 0.05) is 5.41 Å². The summed E-state index contributed by atoms with van der Waals surface area (Å²) in [7, 11) is 0. The highest BCUT2D eigenvalue weighted by atomic mass is 16.3. The second-order valence-corrected chi connectivity index (χ2v) is 4.94. The largest absolute Gasteiger partial charge is 0.512 e. The van der Waals surface area contributed by atoms with Gasteiger partial charge in [0.2, 0.25) is 0 Å². The average molecular weight is 192 g/mol. The van der Waals surface area contributed by atoms with Gasteiger partial charge in [0.1, 0.15) is 0 Å². The number of hydrogen-bond donors (Lipinski definition) is 1. The first-order chi connectivity index (χ1) is 6.73. The maximum Gasteiger partial charge on any atom is 0.0987 e. The second kappa shape index (κ2) is 3.80. The molecule has 0 bridgehead atoms. The van der Waals surface area contributed by atoms with Gasteiger partial charge < -0.3 is 5.11 Å². The predicted octanol–water partition coefficient (Wildman–Crippen LogP) is 3.97. The van der Waals surface area contributed by atoms with E-state index in [4.69, 9.17) is 0 Å². The molecule has 78 valence electrons. The van der Waals surface area contributed by atoms with Gasteiger partial charge in [-0.25, -0.2) is 0 Å². The van der Waals surface area contributed by atoms with Crippen molar-refractivity contribution in [3.8, 4) is 0 Å². The minimum Gasteiger partial charge on any atom is -0.512 e. The van der Waals surface area contributed by atoms with Crippen molar-refractivity contribution in [1.29, 1.82) is 0 Å². The monoisotopic (exact) mass is 192 g/mol. The molecule has 0 radical (unpaired) electrons. The van der Waals surface area contributed by atoms with Crippen molar-refractivity contribution in [2.24, 2.45) is 11.3 Å². The van der Waals surface area contributed by atoms with Gasteiger partial charge in [-0.1, -0.05) is 38.3 Å². The van der Waals surface area contributed by atoms with E-state index in [-0.39, 0.29) is 5.41 Å². The molecule has 0 aliphatic heterocycles. The van der Waals surface area contributed by atoms with Crippen LogP contribution in [-0.4, -0.2) is 5.11 Å². The Morgan fingerprint density at radius 1 is 1.29 bits per heavy atom. The maximum atomic E-state index is 9.99. The second-order valence-electron chi connectivity index (χ2n) is 4.94. The SMILES string of the molecule is CC1(C2CCCCC2)CC=CC=C1O. The van der Waals surface area contributed by atoms with Crippen LogP contribution in [0.25, 0.3) is 0 Å². The Morgan fingerprint density at radius 3 is 2.64 bits per heavy atom. The molecular weight excluding hydrogens is 172 g/mol. The minimum absolute atomic E-state index is 0.0369. The van der Waals surface area contributed by atoms with Crippen LogP contribution in [0, 0.1) is 11.3 Å². The normalized spacial score (nSPS) is 34.2. The van der Waals surface area contributed by atoms with E-state index >= 15 is 0 Å². The number of hydrogen-bond acceptors (Lipinski definition) is 1. The number of allylic oxidation sites excluding steroid dienone is 4. The van der Waals surface area contributed by atoms with Gasteiger partial charge in [0.15, 0.2) is 0 Å². The molecule has 1 atom stereocenters. The van der Waals surface area contributed by atoms with Crippen LogP contribution in [0.15, 0.2) is 24.0 Å². The molecule has 0 spiro atoms. The van der Waals surface area contributed by atoms with E-state index in [9.17, 15) is 5.11 Å². The highest BCUT2D eigenvalue weighted by molar-refractivity contribution is 5.21. The Kier molecular flexibility index (Phi) is 2.66. The van der Waals surface area contributed by atoms with E-state index in [0.29, 0.717) is 11.7 Å². The van der Waals surface area contributed by atoms with Crippen LogP contribution in [0.2, 0.25) is 0 Å². The molecule has 1 N–H and O–H groups in total. The lowest BCUT2D eigenvalue weighted by atomic mass is 9.66. The van der Waals surface area contributed by atoms with Gasteiger partial charge in [0.25, 0.3) is 0 Å². The molecule has 2 aliphatic rings. The van der Waals surface area contributed by atoms with Crippen molar-refractivity contribution in [3.63, 3.8) is 0 Å². The standard InChI is InChI=1S/C13H20O/c1-13(10-6-5-9-12(13)14)11-7-3-2-4-8-11/h5-6,9,11,14H,2-4,7-8,10H2,1H3. The van der Waals surface area contributed by atoms with Crippen LogP contribution in [-0.2, 0) is 0 Å². The van der Waals surface area contributed by atoms with Crippen LogP contribution in [0.4, 0.5) is 0 Å². The minimum atomic E-state index is 0.0369. The quantitative estimate of drug-likeness (QED) is 0.666.